The zero-order valence-corrected chi connectivity index (χ0v) is 51.6. The summed E-state index contributed by atoms with van der Waals surface area (Å²) in [7, 11) is 0. The van der Waals surface area contributed by atoms with Crippen LogP contribution in [0.1, 0.15) is 0 Å². The molecule has 0 saturated heterocycles. The first-order valence-corrected chi connectivity index (χ1v) is 31.8. The second-order valence-electron chi connectivity index (χ2n) is 23.4. The first kappa shape index (κ1) is 56.8. The van der Waals surface area contributed by atoms with E-state index in [1.165, 1.54) is 5.56 Å². The molecule has 11 aromatic carbocycles. The predicted molar refractivity (Wildman–Crippen MR) is 387 cm³/mol. The third kappa shape index (κ3) is 11.1. The first-order chi connectivity index (χ1) is 47.5. The zero-order valence-electron chi connectivity index (χ0n) is 51.6. The molecule has 7 heterocycles. The van der Waals surface area contributed by atoms with Gasteiger partial charge in [0.2, 0.25) is 11.4 Å². The molecule has 0 amide bonds. The van der Waals surface area contributed by atoms with Gasteiger partial charge in [-0.2, -0.15) is 9.97 Å². The quantitative estimate of drug-likeness (QED) is 0.123. The lowest BCUT2D eigenvalue weighted by Gasteiger charge is -2.13. The standard InChI is InChI=1S/C44H28N4O.C42H26N4O/c1-2-10-33(11-3-1)43-47-42(41-37-12-4-5-15-40(37)49-44(41)48-43)36-27-34(29-16-20-31(21-17-29)38-13-6-8-24-45-38)26-35(28-36)30-18-22-32(23-19-30)39-14-7-9-25-46-39;1-3-11-27(12-4-1)28-19-23-32(24-20-28)41-45-39(37-34-16-8-10-18-36(34)47-42(37)46-41)30-21-25-31(26-22-30)40-43-35-17-9-7-15-33(35)38(44-40)29-13-5-2-6-14-29/h1-28H;1-26H. The Bertz CT molecular complexity index is 5730. The van der Waals surface area contributed by atoms with Gasteiger partial charge >= 0.3 is 0 Å². The van der Waals surface area contributed by atoms with Crippen LogP contribution in [0.5, 0.6) is 0 Å². The van der Waals surface area contributed by atoms with Gasteiger partial charge in [-0.1, -0.05) is 255 Å². The highest BCUT2D eigenvalue weighted by Crippen LogP contribution is 2.42. The molecule has 18 aromatic rings. The van der Waals surface area contributed by atoms with Crippen molar-refractivity contribution in [2.24, 2.45) is 0 Å². The Kier molecular flexibility index (Phi) is 14.7. The highest BCUT2D eigenvalue weighted by Gasteiger charge is 2.22. The molecule has 0 fully saturated rings. The van der Waals surface area contributed by atoms with Crippen molar-refractivity contribution in [3.05, 3.63) is 328 Å². The van der Waals surface area contributed by atoms with E-state index in [-0.39, 0.29) is 0 Å². The van der Waals surface area contributed by atoms with E-state index in [9.17, 15) is 0 Å². The van der Waals surface area contributed by atoms with Crippen LogP contribution in [0, 0.1) is 0 Å². The maximum Gasteiger partial charge on any atom is 0.231 e. The Morgan fingerprint density at radius 1 is 0.208 bits per heavy atom. The Balaban J connectivity index is 0.000000145. The predicted octanol–water partition coefficient (Wildman–Crippen LogP) is 21.8. The second kappa shape index (κ2) is 24.8. The van der Waals surface area contributed by atoms with Crippen LogP contribution in [0.25, 0.3) is 179 Å². The van der Waals surface area contributed by atoms with Crippen LogP contribution in [0.3, 0.4) is 0 Å². The number of aromatic nitrogens is 8. The summed E-state index contributed by atoms with van der Waals surface area (Å²) in [6.07, 6.45) is 3.65. The van der Waals surface area contributed by atoms with Crippen LogP contribution in [0.4, 0.5) is 0 Å². The molecule has 0 radical (unpaired) electrons. The molecule has 10 nitrogen and oxygen atoms in total. The number of pyridine rings is 2. The summed E-state index contributed by atoms with van der Waals surface area (Å²) >= 11 is 0. The van der Waals surface area contributed by atoms with Crippen molar-refractivity contribution >= 4 is 55.0 Å². The van der Waals surface area contributed by atoms with E-state index in [1.54, 1.807) is 0 Å². The molecule has 0 bridgehead atoms. The van der Waals surface area contributed by atoms with Crippen molar-refractivity contribution in [1.82, 2.24) is 39.9 Å². The molecule has 0 N–H and O–H groups in total. The maximum atomic E-state index is 6.35. The van der Waals surface area contributed by atoms with Gasteiger partial charge in [0.1, 0.15) is 11.2 Å². The molecule has 0 unspecified atom stereocenters. The lowest BCUT2D eigenvalue weighted by molar-refractivity contribution is 0.653. The molecule has 0 aliphatic heterocycles. The topological polar surface area (TPSA) is 129 Å². The molecule has 0 spiro atoms. The van der Waals surface area contributed by atoms with Crippen molar-refractivity contribution in [3.63, 3.8) is 0 Å². The third-order valence-corrected chi connectivity index (χ3v) is 17.4. The molecule has 0 aliphatic rings. The van der Waals surface area contributed by atoms with Crippen LogP contribution in [0.15, 0.2) is 337 Å². The minimum atomic E-state index is 0.563. The molecule has 10 heteroatoms. The highest BCUT2D eigenvalue weighted by molar-refractivity contribution is 6.12. The molecule has 0 aliphatic carbocycles. The van der Waals surface area contributed by atoms with Crippen molar-refractivity contribution in [2.75, 3.05) is 0 Å². The molecule has 7 aromatic heterocycles. The summed E-state index contributed by atoms with van der Waals surface area (Å²) in [5.74, 6) is 1.91. The monoisotopic (exact) mass is 1230 g/mol. The van der Waals surface area contributed by atoms with E-state index in [0.717, 1.165) is 144 Å². The van der Waals surface area contributed by atoms with Crippen LogP contribution >= 0.6 is 0 Å². The Labute approximate surface area is 552 Å². The van der Waals surface area contributed by atoms with E-state index >= 15 is 0 Å². The Hall–Kier alpha value is -13.2. The summed E-state index contributed by atoms with van der Waals surface area (Å²) in [6.45, 7) is 0. The molecule has 0 atom stereocenters. The summed E-state index contributed by atoms with van der Waals surface area (Å²) in [6, 6.07) is 107. The molecule has 96 heavy (non-hydrogen) atoms. The average Bonchev–Trinajstić information content (AvgIpc) is 1.58. The van der Waals surface area contributed by atoms with Crippen molar-refractivity contribution in [2.45, 2.75) is 0 Å². The number of benzene rings is 11. The minimum Gasteiger partial charge on any atom is -0.438 e. The second-order valence-corrected chi connectivity index (χ2v) is 23.4. The largest absolute Gasteiger partial charge is 0.438 e. The lowest BCUT2D eigenvalue weighted by atomic mass is 9.93. The summed E-state index contributed by atoms with van der Waals surface area (Å²) < 4.78 is 12.6. The minimum absolute atomic E-state index is 0.563. The number of fused-ring (bicyclic) bond motifs is 7. The van der Waals surface area contributed by atoms with Crippen LogP contribution in [-0.2, 0) is 0 Å². The fraction of sp³-hybridized carbons (Fsp3) is 0. The SMILES string of the molecule is c1ccc(-c2ccc(-c3nc(-c4ccc(-c5nc(-c6ccccc6)c6ccccc6n5)cc4)c4c(n3)oc3ccccc34)cc2)cc1.c1ccc(-c2nc(-c3cc(-c4ccc(-c5ccccn5)cc4)cc(-c4ccc(-c5ccccn5)cc4)c3)c3c(n2)oc2ccccc23)cc1. The van der Waals surface area contributed by atoms with E-state index < -0.39 is 0 Å². The summed E-state index contributed by atoms with van der Waals surface area (Å²) in [5, 5.41) is 4.79. The highest BCUT2D eigenvalue weighted by atomic mass is 16.3. The van der Waals surface area contributed by atoms with E-state index in [4.69, 9.17) is 38.7 Å². The van der Waals surface area contributed by atoms with Gasteiger partial charge in [0.25, 0.3) is 0 Å². The molecule has 18 rings (SSSR count). The Morgan fingerprint density at radius 3 is 1.04 bits per heavy atom. The van der Waals surface area contributed by atoms with E-state index in [2.05, 4.69) is 168 Å². The number of rotatable bonds is 11. The Morgan fingerprint density at radius 2 is 0.542 bits per heavy atom. The van der Waals surface area contributed by atoms with Gasteiger partial charge in [-0.3, -0.25) is 9.97 Å². The van der Waals surface area contributed by atoms with Gasteiger partial charge in [-0.25, -0.2) is 19.9 Å². The summed E-state index contributed by atoms with van der Waals surface area (Å²) in [5.41, 5.74) is 22.6. The van der Waals surface area contributed by atoms with Crippen molar-refractivity contribution < 1.29 is 8.83 Å². The number of furan rings is 2. The number of nitrogens with zero attached hydrogens (tertiary/aromatic N) is 8. The van der Waals surface area contributed by atoms with E-state index in [0.29, 0.717) is 28.9 Å². The number of hydrogen-bond acceptors (Lipinski definition) is 10. The first-order valence-electron chi connectivity index (χ1n) is 31.8. The van der Waals surface area contributed by atoms with Gasteiger partial charge < -0.3 is 8.83 Å². The van der Waals surface area contributed by atoms with Crippen LogP contribution in [-0.4, -0.2) is 39.9 Å². The zero-order chi connectivity index (χ0) is 63.7. The molecular weight excluding hydrogens is 1180 g/mol. The molecule has 450 valence electrons. The lowest BCUT2D eigenvalue weighted by Crippen LogP contribution is -1.96. The van der Waals surface area contributed by atoms with Gasteiger partial charge in [0, 0.05) is 73.1 Å². The molecule has 0 saturated carbocycles. The van der Waals surface area contributed by atoms with E-state index in [1.807, 2.05) is 170 Å². The van der Waals surface area contributed by atoms with Crippen molar-refractivity contribution in [1.29, 1.82) is 0 Å². The maximum absolute atomic E-state index is 6.35. The fourth-order valence-electron chi connectivity index (χ4n) is 12.6. The van der Waals surface area contributed by atoms with Gasteiger partial charge in [0.15, 0.2) is 17.5 Å². The fourth-order valence-corrected chi connectivity index (χ4v) is 12.6. The van der Waals surface area contributed by atoms with Gasteiger partial charge in [-0.15, -0.1) is 0 Å². The summed E-state index contributed by atoms with van der Waals surface area (Å²) in [4.78, 5) is 39.3. The number of para-hydroxylation sites is 3. The van der Waals surface area contributed by atoms with Gasteiger partial charge in [-0.05, 0) is 94.0 Å². The van der Waals surface area contributed by atoms with Crippen LogP contribution < -0.4 is 0 Å². The van der Waals surface area contributed by atoms with Gasteiger partial charge in [0.05, 0.1) is 44.8 Å². The normalized spacial score (nSPS) is 11.3. The average molecular weight is 1230 g/mol. The molecular formula is C86H54N8O2. The van der Waals surface area contributed by atoms with Crippen molar-refractivity contribution in [3.8, 4) is 124 Å². The number of hydrogen-bond donors (Lipinski definition) is 0. The third-order valence-electron chi connectivity index (χ3n) is 17.4. The smallest absolute Gasteiger partial charge is 0.231 e. The van der Waals surface area contributed by atoms with Crippen LogP contribution in [0.2, 0.25) is 0 Å².